The van der Waals surface area contributed by atoms with Gasteiger partial charge in [0.25, 0.3) is 0 Å². The van der Waals surface area contributed by atoms with Crippen molar-refractivity contribution in [2.24, 2.45) is 0 Å². The Hall–Kier alpha value is -1.65. The van der Waals surface area contributed by atoms with Crippen molar-refractivity contribution in [3.05, 3.63) is 51.9 Å². The predicted octanol–water partition coefficient (Wildman–Crippen LogP) is 2.84. The minimum atomic E-state index is 0.581. The van der Waals surface area contributed by atoms with E-state index in [4.69, 9.17) is 16.3 Å². The monoisotopic (exact) mass is 289 g/mol. The highest BCUT2D eigenvalue weighted by atomic mass is 35.5. The highest BCUT2D eigenvalue weighted by molar-refractivity contribution is 6.31. The van der Waals surface area contributed by atoms with Gasteiger partial charge in [-0.2, -0.15) is 0 Å². The molecule has 0 saturated carbocycles. The fourth-order valence-corrected chi connectivity index (χ4v) is 2.58. The van der Waals surface area contributed by atoms with E-state index in [-0.39, 0.29) is 0 Å². The van der Waals surface area contributed by atoms with Crippen LogP contribution in [0.5, 0.6) is 0 Å². The molecule has 1 N–H and O–H groups in total. The van der Waals surface area contributed by atoms with Crippen molar-refractivity contribution in [2.45, 2.75) is 19.4 Å². The summed E-state index contributed by atoms with van der Waals surface area (Å²) in [6, 6.07) is 7.80. The Labute approximate surface area is 123 Å². The van der Waals surface area contributed by atoms with E-state index in [0.29, 0.717) is 13.0 Å². The topological polar surface area (TPSA) is 47.0 Å². The lowest BCUT2D eigenvalue weighted by Gasteiger charge is -2.19. The van der Waals surface area contributed by atoms with E-state index in [9.17, 15) is 0 Å². The first-order valence-electron chi connectivity index (χ1n) is 6.65. The number of hydrogen-bond donors (Lipinski definition) is 1. The third-order valence-electron chi connectivity index (χ3n) is 3.41. The van der Waals surface area contributed by atoms with E-state index < -0.39 is 0 Å². The minimum absolute atomic E-state index is 0.581. The highest BCUT2D eigenvalue weighted by Crippen LogP contribution is 2.24. The molecule has 0 unspecified atom stereocenters. The Morgan fingerprint density at radius 1 is 1.30 bits per heavy atom. The van der Waals surface area contributed by atoms with Crippen LogP contribution in [-0.4, -0.2) is 23.6 Å². The van der Waals surface area contributed by atoms with Gasteiger partial charge in [0.05, 0.1) is 18.9 Å². The molecule has 0 atom stereocenters. The molecule has 0 spiro atoms. The van der Waals surface area contributed by atoms with E-state index in [1.54, 1.807) is 0 Å². The van der Waals surface area contributed by atoms with Crippen LogP contribution < -0.4 is 5.32 Å². The summed E-state index contributed by atoms with van der Waals surface area (Å²) < 4.78 is 5.47. The van der Waals surface area contributed by atoms with Gasteiger partial charge < -0.3 is 10.1 Å². The van der Waals surface area contributed by atoms with Crippen LogP contribution in [0.4, 0.5) is 5.82 Å². The van der Waals surface area contributed by atoms with Gasteiger partial charge in [-0.3, -0.25) is 0 Å². The van der Waals surface area contributed by atoms with Crippen LogP contribution in [0.25, 0.3) is 0 Å². The molecule has 0 amide bonds. The number of nitrogens with one attached hydrogen (secondary N) is 1. The van der Waals surface area contributed by atoms with Crippen molar-refractivity contribution >= 4 is 17.4 Å². The summed E-state index contributed by atoms with van der Waals surface area (Å²) in [5.74, 6) is 1.65. The standard InChI is InChI=1S/C15H16ClN3O/c1-17-15-11-9-20-7-6-13(11)18-14(19-15)8-10-4-2-3-5-12(10)16/h2-5H,6-9H2,1H3,(H,17,18,19). The summed E-state index contributed by atoms with van der Waals surface area (Å²) in [4.78, 5) is 9.25. The molecule has 3 rings (SSSR count). The molecule has 1 aromatic carbocycles. The molecular weight excluding hydrogens is 274 g/mol. The van der Waals surface area contributed by atoms with Gasteiger partial charge in [0.2, 0.25) is 0 Å². The van der Waals surface area contributed by atoms with Gasteiger partial charge in [0.15, 0.2) is 0 Å². The van der Waals surface area contributed by atoms with Crippen LogP contribution in [0.2, 0.25) is 5.02 Å². The molecule has 0 fully saturated rings. The third kappa shape index (κ3) is 2.62. The number of aromatic nitrogens is 2. The molecule has 5 heteroatoms. The first-order chi connectivity index (χ1) is 9.78. The molecule has 1 aliphatic rings. The van der Waals surface area contributed by atoms with Gasteiger partial charge in [-0.15, -0.1) is 0 Å². The van der Waals surface area contributed by atoms with E-state index >= 15 is 0 Å². The lowest BCUT2D eigenvalue weighted by molar-refractivity contribution is 0.109. The number of halogens is 1. The minimum Gasteiger partial charge on any atom is -0.376 e. The van der Waals surface area contributed by atoms with Gasteiger partial charge in [-0.05, 0) is 11.6 Å². The molecule has 0 aliphatic carbocycles. The normalized spacial score (nSPS) is 13.9. The number of nitrogens with zero attached hydrogens (tertiary/aromatic N) is 2. The van der Waals surface area contributed by atoms with Crippen molar-refractivity contribution in [3.8, 4) is 0 Å². The molecule has 2 heterocycles. The summed E-state index contributed by atoms with van der Waals surface area (Å²) in [5, 5.41) is 3.88. The number of benzene rings is 1. The number of ether oxygens (including phenoxy) is 1. The van der Waals surface area contributed by atoms with E-state index in [1.807, 2.05) is 31.3 Å². The van der Waals surface area contributed by atoms with Crippen molar-refractivity contribution in [1.82, 2.24) is 9.97 Å². The molecule has 0 saturated heterocycles. The van der Waals surface area contributed by atoms with Gasteiger partial charge in [0, 0.05) is 30.5 Å². The zero-order chi connectivity index (χ0) is 13.9. The average molecular weight is 290 g/mol. The summed E-state index contributed by atoms with van der Waals surface area (Å²) in [6.07, 6.45) is 1.48. The molecule has 2 aromatic rings. The first-order valence-corrected chi connectivity index (χ1v) is 7.03. The van der Waals surface area contributed by atoms with Crippen LogP contribution >= 0.6 is 11.6 Å². The highest BCUT2D eigenvalue weighted by Gasteiger charge is 2.18. The Kier molecular flexibility index (Phi) is 3.85. The number of fused-ring (bicyclic) bond motifs is 1. The lowest BCUT2D eigenvalue weighted by atomic mass is 10.1. The van der Waals surface area contributed by atoms with Crippen molar-refractivity contribution in [2.75, 3.05) is 19.0 Å². The zero-order valence-corrected chi connectivity index (χ0v) is 12.1. The third-order valence-corrected chi connectivity index (χ3v) is 3.78. The van der Waals surface area contributed by atoms with Crippen LogP contribution in [0.1, 0.15) is 22.6 Å². The first kappa shape index (κ1) is 13.3. The van der Waals surface area contributed by atoms with Crippen molar-refractivity contribution < 1.29 is 4.74 Å². The Balaban J connectivity index is 1.96. The molecule has 20 heavy (non-hydrogen) atoms. The molecule has 0 radical (unpaired) electrons. The SMILES string of the molecule is CNc1nc(Cc2ccccc2Cl)nc2c1COCC2. The van der Waals surface area contributed by atoms with E-state index in [1.165, 1.54) is 0 Å². The maximum Gasteiger partial charge on any atom is 0.135 e. The quantitative estimate of drug-likeness (QED) is 0.944. The van der Waals surface area contributed by atoms with Gasteiger partial charge in [0.1, 0.15) is 11.6 Å². The van der Waals surface area contributed by atoms with Crippen LogP contribution in [0.15, 0.2) is 24.3 Å². The number of hydrogen-bond acceptors (Lipinski definition) is 4. The average Bonchev–Trinajstić information content (AvgIpc) is 2.49. The smallest absolute Gasteiger partial charge is 0.135 e. The molecule has 1 aliphatic heterocycles. The Morgan fingerprint density at radius 2 is 2.15 bits per heavy atom. The number of anilines is 1. The van der Waals surface area contributed by atoms with Crippen molar-refractivity contribution in [3.63, 3.8) is 0 Å². The fraction of sp³-hybridized carbons (Fsp3) is 0.333. The second kappa shape index (κ2) is 5.77. The predicted molar refractivity (Wildman–Crippen MR) is 79.2 cm³/mol. The largest absolute Gasteiger partial charge is 0.376 e. The summed E-state index contributed by atoms with van der Waals surface area (Å²) in [7, 11) is 1.87. The maximum atomic E-state index is 6.20. The summed E-state index contributed by atoms with van der Waals surface area (Å²) in [5.41, 5.74) is 3.20. The maximum absolute atomic E-state index is 6.20. The number of rotatable bonds is 3. The second-order valence-electron chi connectivity index (χ2n) is 4.73. The molecule has 4 nitrogen and oxygen atoms in total. The summed E-state index contributed by atoms with van der Waals surface area (Å²) >= 11 is 6.20. The van der Waals surface area contributed by atoms with Crippen LogP contribution in [-0.2, 0) is 24.2 Å². The Bertz CT molecular complexity index is 613. The zero-order valence-electron chi connectivity index (χ0n) is 11.3. The van der Waals surface area contributed by atoms with Crippen LogP contribution in [0, 0.1) is 0 Å². The Morgan fingerprint density at radius 3 is 2.95 bits per heavy atom. The molecular formula is C15H16ClN3O. The second-order valence-corrected chi connectivity index (χ2v) is 5.14. The van der Waals surface area contributed by atoms with Gasteiger partial charge in [-0.1, -0.05) is 29.8 Å². The van der Waals surface area contributed by atoms with E-state index in [0.717, 1.165) is 46.5 Å². The van der Waals surface area contributed by atoms with E-state index in [2.05, 4.69) is 15.3 Å². The fourth-order valence-electron chi connectivity index (χ4n) is 2.38. The van der Waals surface area contributed by atoms with Gasteiger partial charge in [-0.25, -0.2) is 9.97 Å². The molecule has 104 valence electrons. The van der Waals surface area contributed by atoms with Gasteiger partial charge >= 0.3 is 0 Å². The molecule has 1 aromatic heterocycles. The molecule has 0 bridgehead atoms. The lowest BCUT2D eigenvalue weighted by Crippen LogP contribution is -2.17. The van der Waals surface area contributed by atoms with Crippen molar-refractivity contribution in [1.29, 1.82) is 0 Å². The van der Waals surface area contributed by atoms with Crippen LogP contribution in [0.3, 0.4) is 0 Å². The summed E-state index contributed by atoms with van der Waals surface area (Å²) in [6.45, 7) is 1.30.